The number of methoxy groups -OCH3 is 1. The number of nitrogens with zero attached hydrogens (tertiary/aromatic N) is 1. The van der Waals surface area contributed by atoms with Crippen LogP contribution in [0.25, 0.3) is 0 Å². The molecule has 11 nitrogen and oxygen atoms in total. The zero-order chi connectivity index (χ0) is 26.1. The van der Waals surface area contributed by atoms with E-state index in [1.165, 1.54) is 30.2 Å². The number of carbonyl (C=O) groups is 5. The van der Waals surface area contributed by atoms with E-state index in [-0.39, 0.29) is 31.0 Å². The molecule has 0 radical (unpaired) electrons. The van der Waals surface area contributed by atoms with E-state index in [1.807, 2.05) is 0 Å². The van der Waals surface area contributed by atoms with Crippen LogP contribution in [0.2, 0.25) is 0 Å². The first-order valence-corrected chi connectivity index (χ1v) is 11.2. The van der Waals surface area contributed by atoms with Gasteiger partial charge in [0.2, 0.25) is 11.8 Å². The number of amides is 4. The van der Waals surface area contributed by atoms with Gasteiger partial charge >= 0.3 is 18.0 Å². The predicted molar refractivity (Wildman–Crippen MR) is 123 cm³/mol. The van der Waals surface area contributed by atoms with Crippen LogP contribution in [-0.2, 0) is 23.9 Å². The average Bonchev–Trinajstić information content (AvgIpc) is 2.79. The second-order valence-electron chi connectivity index (χ2n) is 8.58. The van der Waals surface area contributed by atoms with Gasteiger partial charge < -0.3 is 30.7 Å². The molecule has 0 saturated carbocycles. The highest BCUT2D eigenvalue weighted by atomic mass is 19.1. The van der Waals surface area contributed by atoms with Crippen LogP contribution in [0.15, 0.2) is 24.3 Å². The number of anilines is 1. The topological polar surface area (TPSA) is 154 Å². The summed E-state index contributed by atoms with van der Waals surface area (Å²) in [5, 5.41) is 16.7. The van der Waals surface area contributed by atoms with Gasteiger partial charge in [-0.2, -0.15) is 0 Å². The highest BCUT2D eigenvalue weighted by molar-refractivity contribution is 5.92. The number of nitrogens with one attached hydrogen (secondary N) is 3. The van der Waals surface area contributed by atoms with Crippen molar-refractivity contribution in [1.29, 1.82) is 0 Å². The number of carbonyl (C=O) groups excluding carboxylic acids is 4. The third-order valence-corrected chi connectivity index (χ3v) is 5.62. The number of hydrogen-bond acceptors (Lipinski definition) is 6. The molecule has 1 saturated heterocycles. The summed E-state index contributed by atoms with van der Waals surface area (Å²) in [6, 6.07) is 2.23. The summed E-state index contributed by atoms with van der Waals surface area (Å²) >= 11 is 0. The smallest absolute Gasteiger partial charge is 0.328 e. The number of carboxylic acid groups (broad SMARTS) is 1. The number of aliphatic carboxylic acids is 1. The molecule has 12 heteroatoms. The molecular weight excluding hydrogens is 463 g/mol. The summed E-state index contributed by atoms with van der Waals surface area (Å²) in [6.07, 6.45) is -0.336. The normalized spacial score (nSPS) is 18.4. The third kappa shape index (κ3) is 8.23. The molecule has 1 aliphatic rings. The van der Waals surface area contributed by atoms with E-state index >= 15 is 0 Å². The van der Waals surface area contributed by atoms with Crippen molar-refractivity contribution in [3.8, 4) is 0 Å². The Labute approximate surface area is 202 Å². The van der Waals surface area contributed by atoms with Crippen molar-refractivity contribution in [2.45, 2.75) is 57.7 Å². The fourth-order valence-electron chi connectivity index (χ4n) is 3.79. The third-order valence-electron chi connectivity index (χ3n) is 5.62. The minimum absolute atomic E-state index is 0.0349. The number of urea groups is 1. The summed E-state index contributed by atoms with van der Waals surface area (Å²) < 4.78 is 18.1. The number of esters is 1. The van der Waals surface area contributed by atoms with Crippen molar-refractivity contribution in [2.24, 2.45) is 5.92 Å². The average molecular weight is 495 g/mol. The predicted octanol–water partition coefficient (Wildman–Crippen LogP) is 1.49. The highest BCUT2D eigenvalue weighted by Crippen LogP contribution is 2.21. The Morgan fingerprint density at radius 2 is 1.91 bits per heavy atom. The van der Waals surface area contributed by atoms with Crippen molar-refractivity contribution in [3.63, 3.8) is 0 Å². The van der Waals surface area contributed by atoms with Gasteiger partial charge in [0.1, 0.15) is 17.9 Å². The molecule has 1 heterocycles. The molecule has 4 amide bonds. The number of ether oxygens (including phenoxy) is 1. The minimum atomic E-state index is -1.14. The number of likely N-dealkylation sites (tertiary alicyclic amines) is 1. The maximum atomic E-state index is 13.4. The number of halogens is 1. The van der Waals surface area contributed by atoms with E-state index in [0.717, 1.165) is 6.07 Å². The molecule has 1 aromatic carbocycles. The van der Waals surface area contributed by atoms with Crippen molar-refractivity contribution < 1.29 is 38.2 Å². The quantitative estimate of drug-likeness (QED) is 0.379. The molecular formula is C23H31FN4O7. The van der Waals surface area contributed by atoms with E-state index in [9.17, 15) is 28.4 Å². The summed E-state index contributed by atoms with van der Waals surface area (Å²) in [4.78, 5) is 62.5. The first-order chi connectivity index (χ1) is 16.5. The van der Waals surface area contributed by atoms with Crippen LogP contribution in [-0.4, -0.2) is 71.6 Å². The standard InChI is InChI=1S/C23H31FN4O7/c1-13(2)20(22(33)35-3)27-21(32)17-12-16(9-10-28(17)18(29)7-8-19(30)31)26-23(34)25-15-6-4-5-14(24)11-15/h4-6,11,13,16-17,20H,7-10,12H2,1-3H3,(H,27,32)(H,30,31)(H2,25,26,34)/t16-,17-,20+/m0/s1. The zero-order valence-electron chi connectivity index (χ0n) is 19.9. The Morgan fingerprint density at radius 1 is 1.20 bits per heavy atom. The van der Waals surface area contributed by atoms with E-state index in [0.29, 0.717) is 6.42 Å². The molecule has 0 unspecified atom stereocenters. The maximum absolute atomic E-state index is 13.4. The Bertz CT molecular complexity index is 956. The lowest BCUT2D eigenvalue weighted by atomic mass is 9.94. The minimum Gasteiger partial charge on any atom is -0.481 e. The van der Waals surface area contributed by atoms with Gasteiger partial charge in [0, 0.05) is 24.7 Å². The van der Waals surface area contributed by atoms with E-state index in [2.05, 4.69) is 16.0 Å². The fraction of sp³-hybridized carbons (Fsp3) is 0.522. The summed E-state index contributed by atoms with van der Waals surface area (Å²) in [7, 11) is 1.20. The molecule has 1 fully saturated rings. The number of carboxylic acids is 1. The maximum Gasteiger partial charge on any atom is 0.328 e. The molecule has 4 N–H and O–H groups in total. The first-order valence-electron chi connectivity index (χ1n) is 11.2. The Balaban J connectivity index is 2.14. The van der Waals surface area contributed by atoms with Gasteiger partial charge in [0.15, 0.2) is 0 Å². The van der Waals surface area contributed by atoms with Crippen LogP contribution >= 0.6 is 0 Å². The van der Waals surface area contributed by atoms with Crippen LogP contribution in [0.5, 0.6) is 0 Å². The number of hydrogen-bond donors (Lipinski definition) is 4. The van der Waals surface area contributed by atoms with Crippen LogP contribution in [0.4, 0.5) is 14.9 Å². The van der Waals surface area contributed by atoms with E-state index in [4.69, 9.17) is 9.84 Å². The van der Waals surface area contributed by atoms with Crippen molar-refractivity contribution >= 4 is 35.5 Å². The lowest BCUT2D eigenvalue weighted by Gasteiger charge is -2.39. The second kappa shape index (κ2) is 12.7. The lowest BCUT2D eigenvalue weighted by Crippen LogP contribution is -2.60. The molecule has 2 rings (SSSR count). The Hall–Kier alpha value is -3.70. The number of benzene rings is 1. The first kappa shape index (κ1) is 27.5. The summed E-state index contributed by atoms with van der Waals surface area (Å²) in [5.74, 6) is -3.73. The largest absolute Gasteiger partial charge is 0.481 e. The van der Waals surface area contributed by atoms with Gasteiger partial charge in [-0.05, 0) is 37.0 Å². The van der Waals surface area contributed by atoms with Crippen LogP contribution < -0.4 is 16.0 Å². The highest BCUT2D eigenvalue weighted by Gasteiger charge is 2.38. The van der Waals surface area contributed by atoms with Gasteiger partial charge in [0.05, 0.1) is 13.5 Å². The SMILES string of the molecule is COC(=O)[C@H](NC(=O)[C@@H]1C[C@@H](NC(=O)Nc2cccc(F)c2)CCN1C(=O)CCC(=O)O)C(C)C. The zero-order valence-corrected chi connectivity index (χ0v) is 19.9. The molecule has 1 aliphatic heterocycles. The van der Waals surface area contributed by atoms with Gasteiger partial charge in [-0.3, -0.25) is 14.4 Å². The van der Waals surface area contributed by atoms with Crippen LogP contribution in [0, 0.1) is 11.7 Å². The summed E-state index contributed by atoms with van der Waals surface area (Å²) in [6.45, 7) is 3.53. The van der Waals surface area contributed by atoms with Gasteiger partial charge in [0.25, 0.3) is 0 Å². The fourth-order valence-corrected chi connectivity index (χ4v) is 3.79. The second-order valence-corrected chi connectivity index (χ2v) is 8.58. The van der Waals surface area contributed by atoms with Gasteiger partial charge in [-0.15, -0.1) is 0 Å². The van der Waals surface area contributed by atoms with Crippen LogP contribution in [0.1, 0.15) is 39.5 Å². The molecule has 0 spiro atoms. The molecule has 0 aliphatic carbocycles. The van der Waals surface area contributed by atoms with Gasteiger partial charge in [-0.25, -0.2) is 14.0 Å². The molecule has 3 atom stereocenters. The van der Waals surface area contributed by atoms with Crippen molar-refractivity contribution in [3.05, 3.63) is 30.1 Å². The van der Waals surface area contributed by atoms with E-state index < -0.39 is 60.1 Å². The Morgan fingerprint density at radius 3 is 2.51 bits per heavy atom. The monoisotopic (exact) mass is 494 g/mol. The lowest BCUT2D eigenvalue weighted by molar-refractivity contribution is -0.149. The molecule has 0 aromatic heterocycles. The van der Waals surface area contributed by atoms with E-state index in [1.54, 1.807) is 13.8 Å². The number of piperidine rings is 1. The van der Waals surface area contributed by atoms with Gasteiger partial charge in [-0.1, -0.05) is 19.9 Å². The molecule has 35 heavy (non-hydrogen) atoms. The van der Waals surface area contributed by atoms with Crippen molar-refractivity contribution in [2.75, 3.05) is 19.0 Å². The Kier molecular flexibility index (Phi) is 9.98. The van der Waals surface area contributed by atoms with Crippen LogP contribution in [0.3, 0.4) is 0 Å². The molecule has 0 bridgehead atoms. The molecule has 192 valence electrons. The molecule has 1 aromatic rings. The number of rotatable bonds is 9. The summed E-state index contributed by atoms with van der Waals surface area (Å²) in [5.41, 5.74) is 0.246. The van der Waals surface area contributed by atoms with Crippen molar-refractivity contribution in [1.82, 2.24) is 15.5 Å².